The summed E-state index contributed by atoms with van der Waals surface area (Å²) in [5.74, 6) is -0.723. The quantitative estimate of drug-likeness (QED) is 0.532. The topological polar surface area (TPSA) is 49.3 Å². The van der Waals surface area contributed by atoms with E-state index in [1.807, 2.05) is 6.92 Å². The van der Waals surface area contributed by atoms with Gasteiger partial charge in [0.15, 0.2) is 0 Å². The Kier molecular flexibility index (Phi) is 1.71. The van der Waals surface area contributed by atoms with Crippen molar-refractivity contribution in [2.45, 2.75) is 31.8 Å². The Balaban J connectivity index is 2.39. The fraction of sp³-hybridized carbons (Fsp3) is 0.833. The number of carbonyl (C=O) groups is 1. The van der Waals surface area contributed by atoms with Crippen molar-refractivity contribution in [3.63, 3.8) is 0 Å². The lowest BCUT2D eigenvalue weighted by atomic mass is 10.2. The summed E-state index contributed by atoms with van der Waals surface area (Å²) in [6.07, 6.45) is 1.76. The molecule has 1 rings (SSSR count). The first-order chi connectivity index (χ1) is 4.20. The van der Waals surface area contributed by atoms with Crippen molar-refractivity contribution in [2.24, 2.45) is 0 Å². The van der Waals surface area contributed by atoms with Crippen LogP contribution in [-0.2, 0) is 4.79 Å². The summed E-state index contributed by atoms with van der Waals surface area (Å²) in [6.45, 7) is 2.00. The van der Waals surface area contributed by atoms with E-state index in [0.29, 0.717) is 6.04 Å². The molecule has 0 aliphatic carbocycles. The van der Waals surface area contributed by atoms with Crippen molar-refractivity contribution in [2.75, 3.05) is 0 Å². The van der Waals surface area contributed by atoms with Crippen molar-refractivity contribution in [3.8, 4) is 0 Å². The molecule has 0 aromatic carbocycles. The molecule has 0 spiro atoms. The van der Waals surface area contributed by atoms with Gasteiger partial charge in [-0.1, -0.05) is 0 Å². The summed E-state index contributed by atoms with van der Waals surface area (Å²) >= 11 is 0. The van der Waals surface area contributed by atoms with E-state index in [9.17, 15) is 4.79 Å². The number of hydrogen-bond donors (Lipinski definition) is 2. The van der Waals surface area contributed by atoms with Crippen LogP contribution in [0.2, 0.25) is 0 Å². The molecular formula is C6H11NO2. The molecule has 0 aromatic heterocycles. The first-order valence-corrected chi connectivity index (χ1v) is 3.19. The molecule has 1 fully saturated rings. The van der Waals surface area contributed by atoms with Crippen molar-refractivity contribution >= 4 is 5.97 Å². The largest absolute Gasteiger partial charge is 0.480 e. The van der Waals surface area contributed by atoms with Gasteiger partial charge >= 0.3 is 5.97 Å². The molecule has 9 heavy (non-hydrogen) atoms. The van der Waals surface area contributed by atoms with Crippen LogP contribution in [0, 0.1) is 0 Å². The molecule has 0 saturated carbocycles. The zero-order chi connectivity index (χ0) is 6.85. The molecule has 1 saturated heterocycles. The minimum atomic E-state index is -0.723. The Morgan fingerprint density at radius 3 is 2.56 bits per heavy atom. The van der Waals surface area contributed by atoms with E-state index in [-0.39, 0.29) is 6.04 Å². The summed E-state index contributed by atoms with van der Waals surface area (Å²) in [7, 11) is 0. The van der Waals surface area contributed by atoms with Crippen molar-refractivity contribution in [1.29, 1.82) is 0 Å². The second-order valence-electron chi connectivity index (χ2n) is 2.54. The van der Waals surface area contributed by atoms with E-state index < -0.39 is 5.97 Å². The average molecular weight is 129 g/mol. The van der Waals surface area contributed by atoms with Gasteiger partial charge < -0.3 is 10.4 Å². The molecule has 1 aliphatic heterocycles. The molecule has 2 atom stereocenters. The van der Waals surface area contributed by atoms with Gasteiger partial charge in [0, 0.05) is 6.04 Å². The van der Waals surface area contributed by atoms with Gasteiger partial charge in [-0.25, -0.2) is 0 Å². The molecule has 0 radical (unpaired) electrons. The Labute approximate surface area is 54.1 Å². The van der Waals surface area contributed by atoms with Gasteiger partial charge in [-0.2, -0.15) is 0 Å². The molecular weight excluding hydrogens is 118 g/mol. The summed E-state index contributed by atoms with van der Waals surface area (Å²) in [4.78, 5) is 10.3. The molecule has 3 heteroatoms. The zero-order valence-corrected chi connectivity index (χ0v) is 5.42. The molecule has 52 valence electrons. The minimum Gasteiger partial charge on any atom is -0.480 e. The molecule has 1 heterocycles. The fourth-order valence-corrected chi connectivity index (χ4v) is 1.12. The Morgan fingerprint density at radius 1 is 1.67 bits per heavy atom. The summed E-state index contributed by atoms with van der Waals surface area (Å²) in [6, 6.07) is 0.0890. The smallest absolute Gasteiger partial charge is 0.320 e. The highest BCUT2D eigenvalue weighted by Crippen LogP contribution is 2.10. The molecule has 3 nitrogen and oxygen atoms in total. The normalized spacial score (nSPS) is 34.8. The number of rotatable bonds is 1. The standard InChI is InChI=1S/C6H11NO2/c1-4-2-3-5(7-4)6(8)9/h4-5,7H,2-3H2,1H3,(H,8,9). The van der Waals surface area contributed by atoms with Crippen molar-refractivity contribution < 1.29 is 9.90 Å². The van der Waals surface area contributed by atoms with Gasteiger partial charge in [0.2, 0.25) is 0 Å². The van der Waals surface area contributed by atoms with E-state index in [1.165, 1.54) is 0 Å². The number of aliphatic carboxylic acids is 1. The first-order valence-electron chi connectivity index (χ1n) is 3.19. The van der Waals surface area contributed by atoms with Gasteiger partial charge in [-0.3, -0.25) is 4.79 Å². The van der Waals surface area contributed by atoms with Crippen LogP contribution >= 0.6 is 0 Å². The fourth-order valence-electron chi connectivity index (χ4n) is 1.12. The highest BCUT2D eigenvalue weighted by molar-refractivity contribution is 5.73. The Morgan fingerprint density at radius 2 is 2.33 bits per heavy atom. The van der Waals surface area contributed by atoms with Crippen LogP contribution in [0.4, 0.5) is 0 Å². The van der Waals surface area contributed by atoms with Gasteiger partial charge in [-0.05, 0) is 19.8 Å². The van der Waals surface area contributed by atoms with Crippen LogP contribution in [0.15, 0.2) is 0 Å². The third kappa shape index (κ3) is 1.42. The van der Waals surface area contributed by atoms with E-state index in [2.05, 4.69) is 5.32 Å². The maximum absolute atomic E-state index is 10.3. The van der Waals surface area contributed by atoms with Gasteiger partial charge in [0.05, 0.1) is 0 Å². The first kappa shape index (κ1) is 6.55. The molecule has 0 bridgehead atoms. The molecule has 2 N–H and O–H groups in total. The second-order valence-corrected chi connectivity index (χ2v) is 2.54. The molecule has 0 amide bonds. The van der Waals surface area contributed by atoms with Crippen LogP contribution in [0.5, 0.6) is 0 Å². The SMILES string of the molecule is CC1CCC(C(=O)O)N1. The third-order valence-electron chi connectivity index (χ3n) is 1.67. The van der Waals surface area contributed by atoms with Crippen LogP contribution in [0.25, 0.3) is 0 Å². The van der Waals surface area contributed by atoms with Crippen molar-refractivity contribution in [3.05, 3.63) is 0 Å². The minimum absolute atomic E-state index is 0.292. The van der Waals surface area contributed by atoms with Crippen LogP contribution in [0.3, 0.4) is 0 Å². The maximum atomic E-state index is 10.3. The summed E-state index contributed by atoms with van der Waals surface area (Å²) in [5.41, 5.74) is 0. The number of carboxylic acid groups (broad SMARTS) is 1. The lowest BCUT2D eigenvalue weighted by molar-refractivity contribution is -0.139. The maximum Gasteiger partial charge on any atom is 0.320 e. The molecule has 0 aromatic rings. The zero-order valence-electron chi connectivity index (χ0n) is 5.42. The Bertz CT molecular complexity index is 124. The van der Waals surface area contributed by atoms with E-state index in [1.54, 1.807) is 0 Å². The molecule has 1 aliphatic rings. The lowest BCUT2D eigenvalue weighted by Gasteiger charge is -2.03. The summed E-state index contributed by atoms with van der Waals surface area (Å²) in [5, 5.41) is 11.4. The average Bonchev–Trinajstić information content (AvgIpc) is 2.14. The lowest BCUT2D eigenvalue weighted by Crippen LogP contribution is -2.33. The van der Waals surface area contributed by atoms with Crippen LogP contribution in [0.1, 0.15) is 19.8 Å². The predicted octanol–water partition coefficient (Wildman–Crippen LogP) is 0.212. The van der Waals surface area contributed by atoms with Crippen LogP contribution in [-0.4, -0.2) is 23.2 Å². The van der Waals surface area contributed by atoms with Crippen LogP contribution < -0.4 is 5.32 Å². The second kappa shape index (κ2) is 2.35. The molecule has 2 unspecified atom stereocenters. The van der Waals surface area contributed by atoms with E-state index in [0.717, 1.165) is 12.8 Å². The number of hydrogen-bond acceptors (Lipinski definition) is 2. The van der Waals surface area contributed by atoms with Gasteiger partial charge in [0.1, 0.15) is 6.04 Å². The number of nitrogens with one attached hydrogen (secondary N) is 1. The third-order valence-corrected chi connectivity index (χ3v) is 1.67. The van der Waals surface area contributed by atoms with E-state index >= 15 is 0 Å². The van der Waals surface area contributed by atoms with Gasteiger partial charge in [-0.15, -0.1) is 0 Å². The van der Waals surface area contributed by atoms with Crippen molar-refractivity contribution in [1.82, 2.24) is 5.32 Å². The summed E-state index contributed by atoms with van der Waals surface area (Å²) < 4.78 is 0. The number of carboxylic acids is 1. The van der Waals surface area contributed by atoms with Gasteiger partial charge in [0.25, 0.3) is 0 Å². The monoisotopic (exact) mass is 129 g/mol. The highest BCUT2D eigenvalue weighted by atomic mass is 16.4. The van der Waals surface area contributed by atoms with E-state index in [4.69, 9.17) is 5.11 Å². The predicted molar refractivity (Wildman–Crippen MR) is 33.3 cm³/mol. The Hall–Kier alpha value is -0.570. The highest BCUT2D eigenvalue weighted by Gasteiger charge is 2.25.